The summed E-state index contributed by atoms with van der Waals surface area (Å²) in [4.78, 5) is 36.6. The first-order valence-corrected chi connectivity index (χ1v) is 9.30. The molecule has 0 aliphatic heterocycles. The fraction of sp³-hybridized carbons (Fsp3) is 0.250. The van der Waals surface area contributed by atoms with Gasteiger partial charge in [-0.1, -0.05) is 42.5 Å². The Morgan fingerprint density at radius 1 is 1.00 bits per heavy atom. The van der Waals surface area contributed by atoms with Gasteiger partial charge in [0, 0.05) is 5.56 Å². The van der Waals surface area contributed by atoms with Gasteiger partial charge in [-0.3, -0.25) is 14.4 Å². The van der Waals surface area contributed by atoms with Gasteiger partial charge >= 0.3 is 5.97 Å². The van der Waals surface area contributed by atoms with Crippen molar-refractivity contribution in [3.05, 3.63) is 60.2 Å². The van der Waals surface area contributed by atoms with Gasteiger partial charge < -0.3 is 14.8 Å². The number of para-hydroxylation sites is 2. The Balaban J connectivity index is 2.03. The number of esters is 1. The summed E-state index contributed by atoms with van der Waals surface area (Å²) in [7, 11) is 2.79. The summed E-state index contributed by atoms with van der Waals surface area (Å²) in [5.41, 5.74) is 1.04. The van der Waals surface area contributed by atoms with Crippen LogP contribution in [-0.4, -0.2) is 42.9 Å². The molecule has 6 nitrogen and oxygen atoms in total. The largest absolute Gasteiger partial charge is 0.495 e. The maximum Gasteiger partial charge on any atom is 0.307 e. The third-order valence-corrected chi connectivity index (χ3v) is 4.94. The number of hydrogen-bond acceptors (Lipinski definition) is 6. The van der Waals surface area contributed by atoms with Gasteiger partial charge in [0.15, 0.2) is 5.78 Å². The molecule has 0 radical (unpaired) electrons. The van der Waals surface area contributed by atoms with E-state index in [1.54, 1.807) is 54.6 Å². The molecule has 1 amide bonds. The molecule has 0 bridgehead atoms. The number of ether oxygens (including phenoxy) is 2. The minimum Gasteiger partial charge on any atom is -0.495 e. The molecule has 0 aliphatic rings. The molecule has 1 atom stereocenters. The molecule has 142 valence electrons. The van der Waals surface area contributed by atoms with Gasteiger partial charge in [-0.15, -0.1) is 11.8 Å². The fourth-order valence-electron chi connectivity index (χ4n) is 2.36. The quantitative estimate of drug-likeness (QED) is 0.526. The lowest BCUT2D eigenvalue weighted by molar-refractivity contribution is -0.140. The summed E-state index contributed by atoms with van der Waals surface area (Å²) in [5.74, 6) is -0.446. The van der Waals surface area contributed by atoms with E-state index in [1.165, 1.54) is 14.2 Å². The van der Waals surface area contributed by atoms with E-state index in [9.17, 15) is 14.4 Å². The van der Waals surface area contributed by atoms with Crippen LogP contribution in [0, 0.1) is 0 Å². The van der Waals surface area contributed by atoms with Crippen LogP contribution < -0.4 is 10.1 Å². The third kappa shape index (κ3) is 6.14. The molecule has 2 aromatic rings. The average molecular weight is 387 g/mol. The smallest absolute Gasteiger partial charge is 0.307 e. The second kappa shape index (κ2) is 10.4. The third-order valence-electron chi connectivity index (χ3n) is 3.73. The van der Waals surface area contributed by atoms with Crippen LogP contribution in [0.5, 0.6) is 5.75 Å². The number of rotatable bonds is 9. The Bertz CT molecular complexity index is 794. The van der Waals surface area contributed by atoms with E-state index in [4.69, 9.17) is 4.74 Å². The number of anilines is 1. The molecule has 0 spiro atoms. The van der Waals surface area contributed by atoms with E-state index < -0.39 is 11.2 Å². The minimum absolute atomic E-state index is 0.0122. The number of ketones is 1. The molecule has 1 unspecified atom stereocenters. The lowest BCUT2D eigenvalue weighted by atomic mass is 10.1. The van der Waals surface area contributed by atoms with Crippen LogP contribution in [0.2, 0.25) is 0 Å². The summed E-state index contributed by atoms with van der Waals surface area (Å²) in [6.45, 7) is 0. The maximum atomic E-state index is 12.7. The highest BCUT2D eigenvalue weighted by Gasteiger charge is 2.25. The normalized spacial score (nSPS) is 11.3. The first-order valence-electron chi connectivity index (χ1n) is 8.25. The Kier molecular flexibility index (Phi) is 7.88. The van der Waals surface area contributed by atoms with Crippen molar-refractivity contribution in [1.29, 1.82) is 0 Å². The van der Waals surface area contributed by atoms with E-state index in [-0.39, 0.29) is 23.9 Å². The van der Waals surface area contributed by atoms with E-state index >= 15 is 0 Å². The molecule has 1 N–H and O–H groups in total. The highest BCUT2D eigenvalue weighted by atomic mass is 32.2. The number of hydrogen-bond donors (Lipinski definition) is 1. The molecular weight excluding hydrogens is 366 g/mol. The second-order valence-corrected chi connectivity index (χ2v) is 6.75. The van der Waals surface area contributed by atoms with Crippen LogP contribution in [0.4, 0.5) is 5.69 Å². The van der Waals surface area contributed by atoms with Gasteiger partial charge in [0.25, 0.3) is 0 Å². The van der Waals surface area contributed by atoms with Gasteiger partial charge in [0.2, 0.25) is 5.91 Å². The summed E-state index contributed by atoms with van der Waals surface area (Å²) < 4.78 is 9.88. The zero-order valence-electron chi connectivity index (χ0n) is 15.1. The molecule has 0 aromatic heterocycles. The molecule has 0 fully saturated rings. The zero-order valence-corrected chi connectivity index (χ0v) is 16.0. The van der Waals surface area contributed by atoms with Crippen LogP contribution in [-0.2, 0) is 14.3 Å². The van der Waals surface area contributed by atoms with Gasteiger partial charge in [-0.05, 0) is 12.1 Å². The number of benzene rings is 2. The van der Waals surface area contributed by atoms with Crippen LogP contribution in [0.25, 0.3) is 0 Å². The minimum atomic E-state index is -0.705. The number of carbonyl (C=O) groups is 3. The Morgan fingerprint density at radius 2 is 1.67 bits per heavy atom. The first kappa shape index (κ1) is 20.5. The lowest BCUT2D eigenvalue weighted by Gasteiger charge is -2.15. The summed E-state index contributed by atoms with van der Waals surface area (Å²) >= 11 is 1.11. The van der Waals surface area contributed by atoms with Crippen molar-refractivity contribution in [3.63, 3.8) is 0 Å². The van der Waals surface area contributed by atoms with Crippen LogP contribution in [0.1, 0.15) is 16.8 Å². The SMILES string of the molecule is COC(=O)CC(SCC(=O)Nc1ccccc1OC)C(=O)c1ccccc1. The van der Waals surface area contributed by atoms with Crippen molar-refractivity contribution in [2.45, 2.75) is 11.7 Å². The van der Waals surface area contributed by atoms with E-state index in [2.05, 4.69) is 10.1 Å². The Morgan fingerprint density at radius 3 is 2.33 bits per heavy atom. The van der Waals surface area contributed by atoms with Crippen molar-refractivity contribution in [1.82, 2.24) is 0 Å². The Hall–Kier alpha value is -2.80. The monoisotopic (exact) mass is 387 g/mol. The van der Waals surface area contributed by atoms with Crippen molar-refractivity contribution >= 4 is 35.1 Å². The standard InChI is InChI=1S/C20H21NO5S/c1-25-16-11-7-6-10-15(16)21-18(22)13-27-17(12-19(23)26-2)20(24)14-8-4-3-5-9-14/h3-11,17H,12-13H2,1-2H3,(H,21,22). The number of amides is 1. The number of methoxy groups -OCH3 is 2. The average Bonchev–Trinajstić information content (AvgIpc) is 2.71. The fourth-order valence-corrected chi connectivity index (χ4v) is 3.33. The summed E-state index contributed by atoms with van der Waals surface area (Å²) in [5, 5.41) is 2.05. The molecular formula is C20H21NO5S. The van der Waals surface area contributed by atoms with Gasteiger partial charge in [-0.25, -0.2) is 0 Å². The predicted molar refractivity (Wildman–Crippen MR) is 105 cm³/mol. The second-order valence-electron chi connectivity index (χ2n) is 5.56. The molecule has 27 heavy (non-hydrogen) atoms. The molecule has 2 aromatic carbocycles. The Labute approximate surface area is 162 Å². The topological polar surface area (TPSA) is 81.7 Å². The number of nitrogens with one attached hydrogen (secondary N) is 1. The first-order chi connectivity index (χ1) is 13.0. The van der Waals surface area contributed by atoms with E-state index in [0.717, 1.165) is 11.8 Å². The molecule has 7 heteroatoms. The highest BCUT2D eigenvalue weighted by molar-refractivity contribution is 8.01. The van der Waals surface area contributed by atoms with Crippen LogP contribution >= 0.6 is 11.8 Å². The summed E-state index contributed by atoms with van der Waals surface area (Å²) in [6, 6.07) is 15.7. The zero-order chi connectivity index (χ0) is 19.6. The number of thioether (sulfide) groups is 1. The maximum absolute atomic E-state index is 12.7. The van der Waals surface area contributed by atoms with Crippen molar-refractivity contribution in [3.8, 4) is 5.75 Å². The van der Waals surface area contributed by atoms with Crippen LogP contribution in [0.15, 0.2) is 54.6 Å². The highest BCUT2D eigenvalue weighted by Crippen LogP contribution is 2.25. The molecule has 0 saturated carbocycles. The predicted octanol–water partition coefficient (Wildman–Crippen LogP) is 3.18. The summed E-state index contributed by atoms with van der Waals surface area (Å²) in [6.07, 6.45) is -0.100. The van der Waals surface area contributed by atoms with Gasteiger partial charge in [-0.2, -0.15) is 0 Å². The van der Waals surface area contributed by atoms with Crippen LogP contribution in [0.3, 0.4) is 0 Å². The molecule has 0 saturated heterocycles. The van der Waals surface area contributed by atoms with E-state index in [1.807, 2.05) is 0 Å². The van der Waals surface area contributed by atoms with E-state index in [0.29, 0.717) is 17.0 Å². The molecule has 0 aliphatic carbocycles. The molecule has 2 rings (SSSR count). The molecule has 0 heterocycles. The van der Waals surface area contributed by atoms with Crippen molar-refractivity contribution in [2.75, 3.05) is 25.3 Å². The van der Waals surface area contributed by atoms with Crippen molar-refractivity contribution in [2.24, 2.45) is 0 Å². The van der Waals surface area contributed by atoms with Gasteiger partial charge in [0.05, 0.1) is 37.3 Å². The number of carbonyl (C=O) groups excluding carboxylic acids is 3. The number of Topliss-reactive ketones (excluding diaryl/α,β-unsaturated/α-hetero) is 1. The lowest BCUT2D eigenvalue weighted by Crippen LogP contribution is -2.25. The van der Waals surface area contributed by atoms with Gasteiger partial charge in [0.1, 0.15) is 5.75 Å². The van der Waals surface area contributed by atoms with Crippen molar-refractivity contribution < 1.29 is 23.9 Å².